The normalized spacial score (nSPS) is 14.9. The summed E-state index contributed by atoms with van der Waals surface area (Å²) in [6, 6.07) is 6.32. The Hall–Kier alpha value is -1.84. The molecular weight excluding hydrogens is 491 g/mol. The Morgan fingerprint density at radius 1 is 1.27 bits per heavy atom. The molecule has 1 unspecified atom stereocenters. The van der Waals surface area contributed by atoms with Gasteiger partial charge in [-0.25, -0.2) is 0 Å². The van der Waals surface area contributed by atoms with Crippen molar-refractivity contribution in [2.24, 2.45) is 4.99 Å². The van der Waals surface area contributed by atoms with Gasteiger partial charge < -0.3 is 19.9 Å². The summed E-state index contributed by atoms with van der Waals surface area (Å²) in [5.74, 6) is 3.95. The number of nitrogens with zero attached hydrogens (tertiary/aromatic N) is 4. The van der Waals surface area contributed by atoms with E-state index in [9.17, 15) is 0 Å². The Balaban J connectivity index is 0.00000320. The molecule has 0 spiro atoms. The molecule has 0 bridgehead atoms. The molecule has 0 amide bonds. The maximum atomic E-state index is 5.52. The Morgan fingerprint density at radius 2 is 2.10 bits per heavy atom. The predicted octanol–water partition coefficient (Wildman–Crippen LogP) is 3.80. The highest BCUT2D eigenvalue weighted by molar-refractivity contribution is 14.0. The van der Waals surface area contributed by atoms with Gasteiger partial charge in [-0.3, -0.25) is 4.99 Å². The Bertz CT molecular complexity index is 835. The molecule has 8 heteroatoms. The van der Waals surface area contributed by atoms with Crippen LogP contribution in [0, 0.1) is 6.92 Å². The summed E-state index contributed by atoms with van der Waals surface area (Å²) in [7, 11) is 3.51. The first-order chi connectivity index (χ1) is 14.1. The first kappa shape index (κ1) is 24.4. The molecule has 2 N–H and O–H groups in total. The van der Waals surface area contributed by atoms with Gasteiger partial charge in [0.2, 0.25) is 0 Å². The number of halogens is 1. The summed E-state index contributed by atoms with van der Waals surface area (Å²) in [5.41, 5.74) is 2.34. The highest BCUT2D eigenvalue weighted by Crippen LogP contribution is 2.26. The van der Waals surface area contributed by atoms with Gasteiger partial charge in [-0.1, -0.05) is 24.1 Å². The van der Waals surface area contributed by atoms with Crippen molar-refractivity contribution in [1.82, 2.24) is 25.4 Å². The molecule has 30 heavy (non-hydrogen) atoms. The lowest BCUT2D eigenvalue weighted by molar-refractivity contribution is 0.405. The van der Waals surface area contributed by atoms with Crippen molar-refractivity contribution in [2.75, 3.05) is 20.7 Å². The zero-order valence-corrected chi connectivity index (χ0v) is 20.9. The number of hydrogen-bond acceptors (Lipinski definition) is 4. The van der Waals surface area contributed by atoms with E-state index in [0.717, 1.165) is 61.3 Å². The minimum absolute atomic E-state index is 0. The van der Waals surface area contributed by atoms with Gasteiger partial charge in [-0.05, 0) is 39.2 Å². The van der Waals surface area contributed by atoms with E-state index >= 15 is 0 Å². The molecule has 1 aliphatic rings. The molecule has 166 valence electrons. The summed E-state index contributed by atoms with van der Waals surface area (Å²) in [5, 5.41) is 15.7. The second kappa shape index (κ2) is 12.1. The average molecular weight is 526 g/mol. The van der Waals surface area contributed by atoms with Crippen LogP contribution in [0.2, 0.25) is 0 Å². The number of aliphatic imine (C=N–C) groups is 1. The molecule has 0 fully saturated rings. The van der Waals surface area contributed by atoms with Gasteiger partial charge in [0.1, 0.15) is 17.4 Å². The molecule has 2 heterocycles. The van der Waals surface area contributed by atoms with Crippen molar-refractivity contribution in [3.8, 4) is 5.75 Å². The zero-order valence-electron chi connectivity index (χ0n) is 18.6. The molecule has 0 aliphatic carbocycles. The van der Waals surface area contributed by atoms with Crippen LogP contribution in [-0.2, 0) is 19.4 Å². The first-order valence-corrected chi connectivity index (χ1v) is 10.6. The molecular formula is C22H35IN6O. The van der Waals surface area contributed by atoms with Crippen LogP contribution in [0.25, 0.3) is 0 Å². The second-order valence-electron chi connectivity index (χ2n) is 7.71. The quantitative estimate of drug-likeness (QED) is 0.249. The van der Waals surface area contributed by atoms with Crippen LogP contribution < -0.4 is 15.4 Å². The average Bonchev–Trinajstić information content (AvgIpc) is 2.95. The van der Waals surface area contributed by atoms with Crippen LogP contribution in [0.5, 0.6) is 5.75 Å². The minimum Gasteiger partial charge on any atom is -0.496 e. The van der Waals surface area contributed by atoms with E-state index in [1.807, 2.05) is 6.07 Å². The van der Waals surface area contributed by atoms with Crippen molar-refractivity contribution in [3.63, 3.8) is 0 Å². The maximum Gasteiger partial charge on any atom is 0.191 e. The Kier molecular flexibility index (Phi) is 9.87. The van der Waals surface area contributed by atoms with Gasteiger partial charge >= 0.3 is 0 Å². The molecule has 1 aliphatic heterocycles. The lowest BCUT2D eigenvalue weighted by Gasteiger charge is -2.20. The zero-order chi connectivity index (χ0) is 20.6. The number of benzene rings is 1. The number of fused-ring (bicyclic) bond motifs is 1. The van der Waals surface area contributed by atoms with Crippen LogP contribution in [0.1, 0.15) is 61.4 Å². The molecule has 1 aromatic heterocycles. The highest BCUT2D eigenvalue weighted by Gasteiger charge is 2.15. The predicted molar refractivity (Wildman–Crippen MR) is 132 cm³/mol. The summed E-state index contributed by atoms with van der Waals surface area (Å²) in [6.07, 6.45) is 6.72. The molecule has 2 aromatic rings. The fourth-order valence-corrected chi connectivity index (χ4v) is 3.85. The minimum atomic E-state index is 0. The van der Waals surface area contributed by atoms with E-state index in [1.165, 1.54) is 24.8 Å². The number of aromatic nitrogens is 3. The molecule has 0 radical (unpaired) electrons. The smallest absolute Gasteiger partial charge is 0.191 e. The Labute approximate surface area is 197 Å². The maximum absolute atomic E-state index is 5.52. The summed E-state index contributed by atoms with van der Waals surface area (Å²) in [6.45, 7) is 6.10. The van der Waals surface area contributed by atoms with E-state index in [1.54, 1.807) is 14.2 Å². The van der Waals surface area contributed by atoms with Gasteiger partial charge in [-0.2, -0.15) is 0 Å². The third-order valence-corrected chi connectivity index (χ3v) is 5.48. The largest absolute Gasteiger partial charge is 0.496 e. The number of guanidine groups is 1. The molecule has 7 nitrogen and oxygen atoms in total. The van der Waals surface area contributed by atoms with Gasteiger partial charge in [0, 0.05) is 38.5 Å². The van der Waals surface area contributed by atoms with Crippen LogP contribution in [0.15, 0.2) is 23.2 Å². The van der Waals surface area contributed by atoms with Gasteiger partial charge in [0.25, 0.3) is 0 Å². The van der Waals surface area contributed by atoms with E-state index in [2.05, 4.69) is 56.4 Å². The third-order valence-electron chi connectivity index (χ3n) is 5.48. The SMILES string of the molecule is CN=C(NCCCc1nnc2n1CCCCC2)NC(C)c1cc(C)ccc1OC.I. The van der Waals surface area contributed by atoms with E-state index < -0.39 is 0 Å². The summed E-state index contributed by atoms with van der Waals surface area (Å²) < 4.78 is 7.84. The molecule has 3 rings (SSSR count). The Morgan fingerprint density at radius 3 is 2.87 bits per heavy atom. The number of methoxy groups -OCH3 is 1. The van der Waals surface area contributed by atoms with Gasteiger partial charge in [-0.15, -0.1) is 34.2 Å². The van der Waals surface area contributed by atoms with Crippen LogP contribution in [0.3, 0.4) is 0 Å². The molecule has 0 saturated carbocycles. The monoisotopic (exact) mass is 526 g/mol. The first-order valence-electron chi connectivity index (χ1n) is 10.6. The second-order valence-corrected chi connectivity index (χ2v) is 7.71. The number of rotatable bonds is 7. The standard InChI is InChI=1S/C22H34N6O.HI/c1-16-11-12-19(29-4)18(15-16)17(2)25-22(23-3)24-13-8-10-21-27-26-20-9-6-5-7-14-28(20)21;/h11-12,15,17H,5-10,13-14H2,1-4H3,(H2,23,24,25);1H. The topological polar surface area (TPSA) is 76.4 Å². The van der Waals surface area contributed by atoms with Crippen LogP contribution in [0.4, 0.5) is 0 Å². The molecule has 1 atom stereocenters. The van der Waals surface area contributed by atoms with E-state index in [4.69, 9.17) is 4.74 Å². The third kappa shape index (κ3) is 6.33. The fraction of sp³-hybridized carbons (Fsp3) is 0.591. The van der Waals surface area contributed by atoms with Gasteiger partial charge in [0.15, 0.2) is 5.96 Å². The van der Waals surface area contributed by atoms with E-state index in [0.29, 0.717) is 0 Å². The lowest BCUT2D eigenvalue weighted by Crippen LogP contribution is -2.39. The number of nitrogens with one attached hydrogen (secondary N) is 2. The van der Waals surface area contributed by atoms with Gasteiger partial charge in [0.05, 0.1) is 13.2 Å². The van der Waals surface area contributed by atoms with Crippen molar-refractivity contribution in [2.45, 2.75) is 65.0 Å². The van der Waals surface area contributed by atoms with Crippen molar-refractivity contribution in [3.05, 3.63) is 41.0 Å². The number of hydrogen-bond donors (Lipinski definition) is 2. The van der Waals surface area contributed by atoms with Crippen LogP contribution in [-0.4, -0.2) is 41.4 Å². The van der Waals surface area contributed by atoms with Crippen molar-refractivity contribution in [1.29, 1.82) is 0 Å². The fourth-order valence-electron chi connectivity index (χ4n) is 3.85. The van der Waals surface area contributed by atoms with Crippen molar-refractivity contribution >= 4 is 29.9 Å². The lowest BCUT2D eigenvalue weighted by atomic mass is 10.0. The van der Waals surface area contributed by atoms with Crippen molar-refractivity contribution < 1.29 is 4.74 Å². The molecule has 1 aromatic carbocycles. The van der Waals surface area contributed by atoms with E-state index in [-0.39, 0.29) is 30.0 Å². The molecule has 0 saturated heterocycles. The highest BCUT2D eigenvalue weighted by atomic mass is 127. The number of aryl methyl sites for hydroxylation is 3. The number of ether oxygens (including phenoxy) is 1. The van der Waals surface area contributed by atoms with Crippen LogP contribution >= 0.6 is 24.0 Å². The summed E-state index contributed by atoms with van der Waals surface area (Å²) >= 11 is 0. The summed E-state index contributed by atoms with van der Waals surface area (Å²) in [4.78, 5) is 4.37.